The Bertz CT molecular complexity index is 1590. The molecule has 4 aliphatic heterocycles. The van der Waals surface area contributed by atoms with Crippen LogP contribution in [0.3, 0.4) is 0 Å². The molecule has 2 saturated heterocycles. The first kappa shape index (κ1) is 33.6. The third-order valence-electron chi connectivity index (χ3n) is 10.0. The molecule has 4 heterocycles. The monoisotopic (exact) mass is 655 g/mol. The lowest BCUT2D eigenvalue weighted by molar-refractivity contribution is -0.159. The summed E-state index contributed by atoms with van der Waals surface area (Å²) in [5.41, 5.74) is 2.01. The van der Waals surface area contributed by atoms with Gasteiger partial charge in [0.2, 0.25) is 11.8 Å². The zero-order chi connectivity index (χ0) is 33.8. The molecule has 2 N–H and O–H groups in total. The topological polar surface area (TPSA) is 125 Å². The Morgan fingerprint density at radius 2 is 1.75 bits per heavy atom. The summed E-state index contributed by atoms with van der Waals surface area (Å²) in [7, 11) is 0. The van der Waals surface area contributed by atoms with E-state index in [1.54, 1.807) is 15.9 Å². The largest absolute Gasteiger partial charge is 0.455 e. The number of hydrogen-bond acceptors (Lipinski definition) is 7. The molecule has 1 spiro atoms. The molecule has 0 saturated carbocycles. The predicted octanol–water partition coefficient (Wildman–Crippen LogP) is 4.09. The van der Waals surface area contributed by atoms with E-state index in [0.29, 0.717) is 25.8 Å². The molecular weight excluding hydrogens is 610 g/mol. The van der Waals surface area contributed by atoms with Crippen LogP contribution in [0.5, 0.6) is 0 Å². The number of nitrogens with one attached hydrogen (secondary N) is 1. The average molecular weight is 656 g/mol. The van der Waals surface area contributed by atoms with Crippen molar-refractivity contribution in [2.45, 2.75) is 76.2 Å². The Kier molecular flexibility index (Phi) is 10.1. The number of aliphatic hydroxyl groups excluding tert-OH is 1. The quantitative estimate of drug-likeness (QED) is 0.249. The molecular formula is C38H45N3O7. The second kappa shape index (κ2) is 14.5. The van der Waals surface area contributed by atoms with Crippen molar-refractivity contribution in [3.63, 3.8) is 0 Å². The second-order valence-corrected chi connectivity index (χ2v) is 13.3. The van der Waals surface area contributed by atoms with Crippen LogP contribution in [0.25, 0.3) is 0 Å². The highest BCUT2D eigenvalue weighted by atomic mass is 16.6. The maximum Gasteiger partial charge on any atom is 0.313 e. The number of esters is 1. The normalized spacial score (nSPS) is 29.6. The van der Waals surface area contributed by atoms with E-state index in [-0.39, 0.29) is 43.8 Å². The van der Waals surface area contributed by atoms with Crippen molar-refractivity contribution < 1.29 is 33.8 Å². The van der Waals surface area contributed by atoms with Crippen molar-refractivity contribution in [1.82, 2.24) is 10.2 Å². The van der Waals surface area contributed by atoms with Crippen LogP contribution in [0.15, 0.2) is 72.8 Å². The van der Waals surface area contributed by atoms with Gasteiger partial charge in [0.05, 0.1) is 18.6 Å². The number of unbranched alkanes of at least 4 members (excludes halogenated alkanes) is 3. The number of likely N-dealkylation sites (tertiary alicyclic amines) is 1. The molecule has 0 unspecified atom stereocenters. The minimum Gasteiger partial charge on any atom is -0.455 e. The van der Waals surface area contributed by atoms with E-state index in [4.69, 9.17) is 9.47 Å². The van der Waals surface area contributed by atoms with Gasteiger partial charge in [0.25, 0.3) is 5.91 Å². The number of carbonyl (C=O) groups excluding carboxylic acids is 4. The Labute approximate surface area is 281 Å². The Morgan fingerprint density at radius 1 is 0.958 bits per heavy atom. The van der Waals surface area contributed by atoms with E-state index >= 15 is 4.79 Å². The van der Waals surface area contributed by atoms with E-state index < -0.39 is 41.7 Å². The number of anilines is 1. The zero-order valence-electron chi connectivity index (χ0n) is 27.7. The highest BCUT2D eigenvalue weighted by Gasteiger charge is 2.73. The number of nitrogens with zero attached hydrogens (tertiary/aromatic N) is 2. The number of aliphatic hydroxyl groups is 1. The number of hydrogen-bond donors (Lipinski definition) is 2. The molecule has 2 aromatic carbocycles. The van der Waals surface area contributed by atoms with Gasteiger partial charge in [-0.3, -0.25) is 19.2 Å². The van der Waals surface area contributed by atoms with Crippen molar-refractivity contribution in [3.8, 4) is 0 Å². The van der Waals surface area contributed by atoms with Crippen molar-refractivity contribution in [1.29, 1.82) is 0 Å². The van der Waals surface area contributed by atoms with Crippen LogP contribution >= 0.6 is 0 Å². The van der Waals surface area contributed by atoms with Gasteiger partial charge in [-0.25, -0.2) is 0 Å². The van der Waals surface area contributed by atoms with Crippen LogP contribution < -0.4 is 10.2 Å². The molecule has 2 fully saturated rings. The minimum absolute atomic E-state index is 0.0810. The maximum atomic E-state index is 15.0. The molecule has 10 nitrogen and oxygen atoms in total. The minimum atomic E-state index is -1.34. The van der Waals surface area contributed by atoms with Crippen molar-refractivity contribution in [2.75, 3.05) is 31.1 Å². The highest BCUT2D eigenvalue weighted by molar-refractivity contribution is 6.05. The summed E-state index contributed by atoms with van der Waals surface area (Å²) >= 11 is 0. The predicted molar refractivity (Wildman–Crippen MR) is 180 cm³/mol. The number of cyclic esters (lactones) is 1. The molecule has 254 valence electrons. The summed E-state index contributed by atoms with van der Waals surface area (Å²) in [5, 5.41) is 12.2. The van der Waals surface area contributed by atoms with E-state index in [2.05, 4.69) is 5.32 Å². The van der Waals surface area contributed by atoms with E-state index in [9.17, 15) is 19.5 Å². The third kappa shape index (κ3) is 6.43. The summed E-state index contributed by atoms with van der Waals surface area (Å²) in [6.07, 6.45) is 9.47. The number of fused-ring (bicyclic) bond motifs is 2. The Hall–Kier alpha value is -4.28. The summed E-state index contributed by atoms with van der Waals surface area (Å²) in [4.78, 5) is 59.8. The number of rotatable bonds is 8. The van der Waals surface area contributed by atoms with Gasteiger partial charge in [-0.1, -0.05) is 79.6 Å². The smallest absolute Gasteiger partial charge is 0.313 e. The molecule has 10 heteroatoms. The first-order valence-electron chi connectivity index (χ1n) is 17.1. The van der Waals surface area contributed by atoms with Gasteiger partial charge in [0.15, 0.2) is 0 Å². The number of ether oxygens (including phenoxy) is 2. The SMILES string of the molecule is Cc1ccc(C)c(N2C/C=C\CCC(=O)NC[C@@H](c3ccccc3)OC(=O)[C@@H]3[C@@H]4C=C[C@]5(O4)[C@H](C2=O)N(CCCCCCO)C(=O)[C@@H]35)c1. The van der Waals surface area contributed by atoms with E-state index in [1.807, 2.05) is 80.6 Å². The lowest BCUT2D eigenvalue weighted by Gasteiger charge is -2.36. The number of allylic oxidation sites excluding steroid dienone is 1. The number of benzene rings is 2. The van der Waals surface area contributed by atoms with Crippen LogP contribution in [-0.4, -0.2) is 77.7 Å². The van der Waals surface area contributed by atoms with E-state index in [0.717, 1.165) is 35.2 Å². The van der Waals surface area contributed by atoms with Gasteiger partial charge in [-0.2, -0.15) is 0 Å². The lowest BCUT2D eigenvalue weighted by Crippen LogP contribution is -2.56. The summed E-state index contributed by atoms with van der Waals surface area (Å²) in [5.74, 6) is -3.26. The van der Waals surface area contributed by atoms with E-state index in [1.165, 1.54) is 0 Å². The first-order valence-corrected chi connectivity index (χ1v) is 17.1. The first-order chi connectivity index (χ1) is 23.2. The molecule has 0 aliphatic carbocycles. The molecule has 6 atom stereocenters. The fourth-order valence-corrected chi connectivity index (χ4v) is 7.59. The molecule has 48 heavy (non-hydrogen) atoms. The van der Waals surface area contributed by atoms with Crippen molar-refractivity contribution in [2.24, 2.45) is 11.8 Å². The van der Waals surface area contributed by atoms with Crippen molar-refractivity contribution >= 4 is 29.4 Å². The van der Waals surface area contributed by atoms with Crippen LogP contribution in [0.1, 0.15) is 61.3 Å². The third-order valence-corrected chi connectivity index (χ3v) is 10.0. The van der Waals surface area contributed by atoms with Gasteiger partial charge >= 0.3 is 5.97 Å². The van der Waals surface area contributed by atoms with Crippen LogP contribution in [0.4, 0.5) is 5.69 Å². The van der Waals surface area contributed by atoms with Crippen LogP contribution in [0, 0.1) is 25.7 Å². The molecule has 5 bridgehead atoms. The van der Waals surface area contributed by atoms with Crippen LogP contribution in [-0.2, 0) is 28.7 Å². The molecule has 2 aromatic rings. The molecule has 0 radical (unpaired) electrons. The molecule has 0 aromatic heterocycles. The average Bonchev–Trinajstić information content (AvgIpc) is 3.73. The summed E-state index contributed by atoms with van der Waals surface area (Å²) in [6, 6.07) is 14.2. The lowest BCUT2D eigenvalue weighted by atomic mass is 9.74. The fourth-order valence-electron chi connectivity index (χ4n) is 7.59. The van der Waals surface area contributed by atoms with Crippen molar-refractivity contribution in [3.05, 3.63) is 89.5 Å². The molecule has 6 rings (SSSR count). The number of aryl methyl sites for hydroxylation is 2. The molecule has 4 aliphatic rings. The Balaban J connectivity index is 1.41. The van der Waals surface area contributed by atoms with Gasteiger partial charge in [-0.05, 0) is 55.9 Å². The second-order valence-electron chi connectivity index (χ2n) is 13.3. The number of carbonyl (C=O) groups is 4. The Morgan fingerprint density at radius 3 is 2.54 bits per heavy atom. The van der Waals surface area contributed by atoms with Crippen LogP contribution in [0.2, 0.25) is 0 Å². The highest BCUT2D eigenvalue weighted by Crippen LogP contribution is 2.56. The zero-order valence-corrected chi connectivity index (χ0v) is 27.7. The summed E-state index contributed by atoms with van der Waals surface area (Å²) < 4.78 is 12.7. The standard InChI is InChI=1S/C38H45N3O7/c1-25-16-17-26(2)28(23-25)40-20-11-6-9-15-31(43)39-24-30(27-13-7-5-8-14-27)47-37(46)32-29-18-19-38(48-29)33(32)35(44)41(34(38)36(40)45)21-10-3-4-12-22-42/h5-8,11,13-14,16-19,23,29-30,32-34,42H,3-4,9-10,12,15,20-22,24H2,1-2H3,(H,39,43)/b11-6-/t29-,30-,32+,33+,34-,38+/m0/s1. The summed E-state index contributed by atoms with van der Waals surface area (Å²) in [6.45, 7) is 4.65. The van der Waals surface area contributed by atoms with Gasteiger partial charge in [-0.15, -0.1) is 0 Å². The molecule has 3 amide bonds. The van der Waals surface area contributed by atoms with Gasteiger partial charge in [0, 0.05) is 31.8 Å². The van der Waals surface area contributed by atoms with Gasteiger partial charge in [0.1, 0.15) is 23.7 Å². The maximum absolute atomic E-state index is 15.0. The van der Waals surface area contributed by atoms with Gasteiger partial charge < -0.3 is 29.7 Å². The fraction of sp³-hybridized carbons (Fsp3) is 0.474. The number of amides is 3.